The number of rotatable bonds is 13. The Bertz CT molecular complexity index is 2970. The van der Waals surface area contributed by atoms with E-state index in [1.807, 2.05) is 4.90 Å². The van der Waals surface area contributed by atoms with E-state index in [0.717, 1.165) is 77.4 Å². The largest absolute Gasteiger partial charge is 0.508 e. The first-order valence-corrected chi connectivity index (χ1v) is 25.2. The lowest BCUT2D eigenvalue weighted by Gasteiger charge is -2.37. The Labute approximate surface area is 415 Å². The van der Waals surface area contributed by atoms with E-state index in [0.29, 0.717) is 78.1 Å². The number of nitrogens with one attached hydrogen (secondary N) is 3. The molecule has 2 aromatic heterocycles. The maximum Gasteiger partial charge on any atom is 0.321 e. The maximum absolute atomic E-state index is 17.1. The summed E-state index contributed by atoms with van der Waals surface area (Å²) in [7, 11) is 0. The van der Waals surface area contributed by atoms with Crippen LogP contribution in [0.5, 0.6) is 11.8 Å². The number of fused-ring (bicyclic) bond motifs is 4. The first-order valence-electron chi connectivity index (χ1n) is 24.8. The molecule has 1 aliphatic carbocycles. The Hall–Kier alpha value is -6.19. The van der Waals surface area contributed by atoms with Gasteiger partial charge in [-0.1, -0.05) is 29.7 Å². The summed E-state index contributed by atoms with van der Waals surface area (Å²) in [5.41, 5.74) is 0.936. The standard InChI is InChI=1S/C53H56ClF2N9O6/c1-2-37-43(55)11-7-31-19-36(66)21-39(44(31)37)46-45(56)47-41(23-57-46)48(64-24-33-8-9-34(25-64)59-33)61-52(60-47)71-29-53(14-15-53)28-63-17-12-30(13-18-63)26-70-27-35-5-3-4-16-65(35)50(68)32-6-10-38(42(54)20-32)40-22-58-51(69)62-49(40)67/h1,6-7,10-11,19-21,23,30,33-35,40,59,66H,3-5,8-9,12-18,22,24-29H2,(H2,58,62,67,69). The van der Waals surface area contributed by atoms with Gasteiger partial charge in [0.1, 0.15) is 28.6 Å². The summed E-state index contributed by atoms with van der Waals surface area (Å²) in [5.74, 6) is 0.652. The lowest BCUT2D eigenvalue weighted by atomic mass is 9.95. The third-order valence-electron chi connectivity index (χ3n) is 15.5. The van der Waals surface area contributed by atoms with Crippen molar-refractivity contribution in [1.29, 1.82) is 0 Å². The van der Waals surface area contributed by atoms with Crippen molar-refractivity contribution in [2.75, 3.05) is 70.5 Å². The van der Waals surface area contributed by atoms with Crippen molar-refractivity contribution in [3.05, 3.63) is 82.0 Å². The first kappa shape index (κ1) is 47.2. The van der Waals surface area contributed by atoms with E-state index < -0.39 is 29.5 Å². The summed E-state index contributed by atoms with van der Waals surface area (Å²) < 4.78 is 45.0. The number of benzene rings is 3. The van der Waals surface area contributed by atoms with Gasteiger partial charge in [0, 0.05) is 84.6 Å². The average molecular weight is 989 g/mol. The van der Waals surface area contributed by atoms with Gasteiger partial charge < -0.3 is 39.9 Å². The van der Waals surface area contributed by atoms with Crippen molar-refractivity contribution < 1.29 is 37.7 Å². The molecule has 370 valence electrons. The van der Waals surface area contributed by atoms with E-state index in [9.17, 15) is 19.5 Å². The highest BCUT2D eigenvalue weighted by molar-refractivity contribution is 6.32. The molecule has 7 heterocycles. The minimum Gasteiger partial charge on any atom is -0.508 e. The molecule has 5 aliphatic heterocycles. The Kier molecular flexibility index (Phi) is 12.9. The zero-order valence-electron chi connectivity index (χ0n) is 39.3. The molecule has 18 heteroatoms. The smallest absolute Gasteiger partial charge is 0.321 e. The fourth-order valence-electron chi connectivity index (χ4n) is 11.5. The van der Waals surface area contributed by atoms with Gasteiger partial charge >= 0.3 is 12.0 Å². The minimum absolute atomic E-state index is 0.0225. The van der Waals surface area contributed by atoms with Gasteiger partial charge in [-0.05, 0) is 118 Å². The zero-order valence-corrected chi connectivity index (χ0v) is 40.1. The molecule has 15 nitrogen and oxygen atoms in total. The topological polar surface area (TPSA) is 174 Å². The molecule has 0 radical (unpaired) electrons. The van der Waals surface area contributed by atoms with Crippen molar-refractivity contribution in [3.8, 4) is 35.4 Å². The minimum atomic E-state index is -0.745. The predicted molar refractivity (Wildman–Crippen MR) is 264 cm³/mol. The molecule has 6 fully saturated rings. The summed E-state index contributed by atoms with van der Waals surface area (Å²) in [6, 6.07) is 10.6. The number of hydrogen-bond acceptors (Lipinski definition) is 12. The van der Waals surface area contributed by atoms with Crippen molar-refractivity contribution in [2.24, 2.45) is 11.3 Å². The number of halogens is 3. The second-order valence-corrected chi connectivity index (χ2v) is 20.8. The van der Waals surface area contributed by atoms with Crippen LogP contribution in [-0.2, 0) is 9.53 Å². The van der Waals surface area contributed by atoms with Gasteiger partial charge in [0.15, 0.2) is 5.82 Å². The molecule has 2 bridgehead atoms. The number of carbonyl (C=O) groups is 3. The van der Waals surface area contributed by atoms with Gasteiger partial charge in [-0.15, -0.1) is 6.42 Å². The number of aromatic hydroxyl groups is 1. The van der Waals surface area contributed by atoms with E-state index in [4.69, 9.17) is 37.5 Å². The molecular weight excluding hydrogens is 932 g/mol. The van der Waals surface area contributed by atoms with Gasteiger partial charge in [0.05, 0.1) is 36.1 Å². The molecule has 11 rings (SSSR count). The number of hydrogen-bond donors (Lipinski definition) is 4. The third-order valence-corrected chi connectivity index (χ3v) is 15.9. The van der Waals surface area contributed by atoms with Crippen LogP contribution in [0.25, 0.3) is 32.9 Å². The van der Waals surface area contributed by atoms with Gasteiger partial charge in [0.2, 0.25) is 5.91 Å². The Morgan fingerprint density at radius 3 is 2.52 bits per heavy atom. The quantitative estimate of drug-likeness (QED) is 0.0900. The highest BCUT2D eigenvalue weighted by atomic mass is 35.5. The third kappa shape index (κ3) is 9.55. The number of imide groups is 1. The molecule has 5 aromatic rings. The molecule has 6 aliphatic rings. The maximum atomic E-state index is 17.1. The monoisotopic (exact) mass is 987 g/mol. The molecule has 0 spiro atoms. The van der Waals surface area contributed by atoms with Crippen LogP contribution >= 0.6 is 11.6 Å². The number of nitrogens with zero attached hydrogens (tertiary/aromatic N) is 6. The van der Waals surface area contributed by atoms with E-state index in [-0.39, 0.29) is 75.5 Å². The Balaban J connectivity index is 0.727. The van der Waals surface area contributed by atoms with Crippen LogP contribution in [0, 0.1) is 35.3 Å². The predicted octanol–water partition coefficient (Wildman–Crippen LogP) is 6.91. The van der Waals surface area contributed by atoms with E-state index in [1.54, 1.807) is 24.4 Å². The van der Waals surface area contributed by atoms with Gasteiger partial charge in [-0.25, -0.2) is 13.6 Å². The van der Waals surface area contributed by atoms with Crippen LogP contribution in [0.4, 0.5) is 19.4 Å². The summed E-state index contributed by atoms with van der Waals surface area (Å²) in [4.78, 5) is 58.6. The second-order valence-electron chi connectivity index (χ2n) is 20.4. The molecule has 71 heavy (non-hydrogen) atoms. The fourth-order valence-corrected chi connectivity index (χ4v) is 11.8. The van der Waals surface area contributed by atoms with Gasteiger partial charge in [-0.2, -0.15) is 9.97 Å². The number of terminal acetylenes is 1. The van der Waals surface area contributed by atoms with Gasteiger partial charge in [0.25, 0.3) is 5.91 Å². The van der Waals surface area contributed by atoms with E-state index in [2.05, 4.69) is 36.7 Å². The highest BCUT2D eigenvalue weighted by Crippen LogP contribution is 2.47. The van der Waals surface area contributed by atoms with E-state index in [1.165, 1.54) is 24.3 Å². The van der Waals surface area contributed by atoms with Crippen LogP contribution in [0.1, 0.15) is 85.2 Å². The van der Waals surface area contributed by atoms with Crippen molar-refractivity contribution in [1.82, 2.24) is 40.7 Å². The number of anilines is 1. The molecule has 4 N–H and O–H groups in total. The number of amides is 4. The fraction of sp³-hybridized carbons (Fsp3) is 0.472. The van der Waals surface area contributed by atoms with Crippen molar-refractivity contribution in [2.45, 2.75) is 81.8 Å². The summed E-state index contributed by atoms with van der Waals surface area (Å²) >= 11 is 6.62. The number of piperazine rings is 1. The summed E-state index contributed by atoms with van der Waals surface area (Å²) in [5, 5.41) is 20.7. The van der Waals surface area contributed by atoms with Crippen LogP contribution < -0.4 is 25.6 Å². The average Bonchev–Trinajstić information content (AvgIpc) is 4.05. The number of ether oxygens (including phenoxy) is 2. The molecule has 3 aromatic carbocycles. The summed E-state index contributed by atoms with van der Waals surface area (Å²) in [6.07, 6.45) is 16.1. The number of urea groups is 1. The number of carbonyl (C=O) groups excluding carboxylic acids is 3. The van der Waals surface area contributed by atoms with Crippen molar-refractivity contribution in [3.63, 3.8) is 0 Å². The normalized spacial score (nSPS) is 23.4. The SMILES string of the molecule is C#Cc1c(F)ccc2cc(O)cc(-c3ncc4c(N5CC6CCC(C5)N6)nc(OCC5(CN6CCC(COCC7CCCCN7C(=O)c7ccc(C8CNC(=O)NC8=O)c(Cl)c7)CC6)CC5)nc4c3F)c12. The Morgan fingerprint density at radius 2 is 1.77 bits per heavy atom. The number of phenols is 1. The lowest BCUT2D eigenvalue weighted by Crippen LogP contribution is -2.51. The lowest BCUT2D eigenvalue weighted by molar-refractivity contribution is -0.122. The molecule has 4 amide bonds. The van der Waals surface area contributed by atoms with Crippen LogP contribution in [0.15, 0.2) is 48.7 Å². The molecule has 4 atom stereocenters. The van der Waals surface area contributed by atoms with Gasteiger partial charge in [-0.3, -0.25) is 19.9 Å². The first-order chi connectivity index (χ1) is 34.4. The molecule has 4 unspecified atom stereocenters. The molecule has 1 saturated carbocycles. The number of phenolic OH excluding ortho intramolecular Hbond substituents is 1. The number of pyridine rings is 1. The number of likely N-dealkylation sites (tertiary alicyclic amines) is 2. The second kappa shape index (κ2) is 19.4. The molecular formula is C53H56ClF2N9O6. The number of aromatic nitrogens is 3. The van der Waals surface area contributed by atoms with Crippen LogP contribution in [0.3, 0.4) is 0 Å². The van der Waals surface area contributed by atoms with Crippen molar-refractivity contribution >= 4 is 56.9 Å². The van der Waals surface area contributed by atoms with Crippen LogP contribution in [-0.4, -0.2) is 131 Å². The zero-order chi connectivity index (χ0) is 49.0. The highest BCUT2D eigenvalue weighted by Gasteiger charge is 2.46. The van der Waals surface area contributed by atoms with Crippen LogP contribution in [0.2, 0.25) is 5.02 Å². The van der Waals surface area contributed by atoms with E-state index >= 15 is 8.78 Å². The number of piperidine rings is 2. The Morgan fingerprint density at radius 1 is 0.972 bits per heavy atom. The summed E-state index contributed by atoms with van der Waals surface area (Å²) in [6.45, 7) is 6.30. The molecule has 5 saturated heterocycles.